The van der Waals surface area contributed by atoms with E-state index in [0.29, 0.717) is 0 Å². The van der Waals surface area contributed by atoms with Crippen LogP contribution < -0.4 is 0 Å². The normalized spacial score (nSPS) is 24.9. The monoisotopic (exact) mass is 250 g/mol. The van der Waals surface area contributed by atoms with Gasteiger partial charge in [0.1, 0.15) is 5.83 Å². The quantitative estimate of drug-likeness (QED) is 0.627. The zero-order chi connectivity index (χ0) is 6.97. The van der Waals surface area contributed by atoms with E-state index in [1.807, 2.05) is 4.08 Å². The topological polar surface area (TPSA) is 0 Å². The van der Waals surface area contributed by atoms with Crippen molar-refractivity contribution < 1.29 is 4.39 Å². The Morgan fingerprint density at radius 3 is 2.90 bits per heavy atom. The highest BCUT2D eigenvalue weighted by Gasteiger charge is 2.25. The minimum Gasteiger partial charge on any atom is -0.207 e. The minimum atomic E-state index is -0.0483. The van der Waals surface area contributed by atoms with Crippen molar-refractivity contribution in [1.82, 2.24) is 0 Å². The average molecular weight is 250 g/mol. The number of hydrogen-bond donors (Lipinski definition) is 0. The van der Waals surface area contributed by atoms with E-state index in [9.17, 15) is 4.39 Å². The average Bonchev–Trinajstić information content (AvgIpc) is 2.68. The second-order valence-corrected chi connectivity index (χ2v) is 5.18. The van der Waals surface area contributed by atoms with E-state index >= 15 is 0 Å². The van der Waals surface area contributed by atoms with Crippen molar-refractivity contribution in [2.75, 3.05) is 0 Å². The van der Waals surface area contributed by atoms with E-state index in [-0.39, 0.29) is 26.6 Å². The Hall–Kier alpha value is 0.01000. The standard InChI is InChI=1S/C8H8FI/c9-7-3-4-10-8(5-7)6-1-2-6/h3-6H,1-2H2. The molecule has 0 amide bonds. The highest BCUT2D eigenvalue weighted by molar-refractivity contribution is 14.2. The maximum atomic E-state index is 12.6. The second-order valence-electron chi connectivity index (χ2n) is 2.59. The van der Waals surface area contributed by atoms with Crippen molar-refractivity contribution in [3.8, 4) is 0 Å². The van der Waals surface area contributed by atoms with Gasteiger partial charge in [-0.1, -0.05) is 20.7 Å². The van der Waals surface area contributed by atoms with Gasteiger partial charge in [0.05, 0.1) is 0 Å². The lowest BCUT2D eigenvalue weighted by molar-refractivity contribution is 0.668. The molecule has 1 aliphatic heterocycles. The summed E-state index contributed by atoms with van der Waals surface area (Å²) in [7, 11) is 0. The first kappa shape index (κ1) is 6.70. The molecule has 0 atom stereocenters. The molecule has 2 heteroatoms. The van der Waals surface area contributed by atoms with Gasteiger partial charge >= 0.3 is 0 Å². The molecular weight excluding hydrogens is 242 g/mol. The van der Waals surface area contributed by atoms with Crippen molar-refractivity contribution >= 4 is 24.2 Å². The third-order valence-electron chi connectivity index (χ3n) is 1.65. The lowest BCUT2D eigenvalue weighted by Crippen LogP contribution is -1.93. The summed E-state index contributed by atoms with van der Waals surface area (Å²) in [4.78, 5) is 0. The van der Waals surface area contributed by atoms with E-state index in [0.717, 1.165) is 5.92 Å². The van der Waals surface area contributed by atoms with Crippen LogP contribution in [-0.4, -0.2) is 3.51 Å². The van der Waals surface area contributed by atoms with Crippen LogP contribution in [-0.2, 0) is 0 Å². The predicted molar refractivity (Wildman–Crippen MR) is 50.1 cm³/mol. The molecule has 10 heavy (non-hydrogen) atoms. The molecule has 0 aromatic rings. The van der Waals surface area contributed by atoms with Crippen molar-refractivity contribution in [3.05, 3.63) is 22.1 Å². The van der Waals surface area contributed by atoms with Gasteiger partial charge in [0, 0.05) is 0 Å². The molecular formula is C8H8FI. The Bertz CT molecular complexity index is 234. The first-order valence-electron chi connectivity index (χ1n) is 3.40. The highest BCUT2D eigenvalue weighted by Crippen LogP contribution is 2.36. The first-order valence-corrected chi connectivity index (χ1v) is 5.73. The van der Waals surface area contributed by atoms with Crippen LogP contribution >= 0.6 is 20.7 Å². The molecule has 0 nitrogen and oxygen atoms in total. The number of hydrogen-bond acceptors (Lipinski definition) is 0. The van der Waals surface area contributed by atoms with E-state index in [4.69, 9.17) is 0 Å². The molecule has 0 aromatic carbocycles. The molecule has 2 aliphatic rings. The summed E-state index contributed by atoms with van der Waals surface area (Å²) < 4.78 is 16.0. The van der Waals surface area contributed by atoms with Crippen LogP contribution in [0.25, 0.3) is 0 Å². The summed E-state index contributed by atoms with van der Waals surface area (Å²) >= 11 is 0.0636. The summed E-state index contributed by atoms with van der Waals surface area (Å²) in [5, 5.41) is 0. The van der Waals surface area contributed by atoms with Gasteiger partial charge in [-0.05, 0) is 38.5 Å². The van der Waals surface area contributed by atoms with Crippen molar-refractivity contribution in [3.63, 3.8) is 0 Å². The Labute approximate surface area is 69.6 Å². The molecule has 0 N–H and O–H groups in total. The van der Waals surface area contributed by atoms with Gasteiger partial charge in [-0.15, -0.1) is 0 Å². The summed E-state index contributed by atoms with van der Waals surface area (Å²) in [5.74, 6) is 0.719. The van der Waals surface area contributed by atoms with Gasteiger partial charge in [0.2, 0.25) is 0 Å². The molecule has 1 heterocycles. The largest absolute Gasteiger partial charge is 0.207 e. The Morgan fingerprint density at radius 2 is 2.30 bits per heavy atom. The van der Waals surface area contributed by atoms with Crippen LogP contribution in [0.15, 0.2) is 22.1 Å². The maximum Gasteiger partial charge on any atom is 0.124 e. The van der Waals surface area contributed by atoms with Gasteiger partial charge in [-0.3, -0.25) is 0 Å². The van der Waals surface area contributed by atoms with Gasteiger partial charge in [-0.25, -0.2) is 4.39 Å². The molecule has 0 unspecified atom stereocenters. The Morgan fingerprint density at radius 1 is 1.50 bits per heavy atom. The Kier molecular flexibility index (Phi) is 1.72. The molecule has 54 valence electrons. The van der Waals surface area contributed by atoms with Crippen molar-refractivity contribution in [2.24, 2.45) is 5.92 Å². The molecule has 1 saturated carbocycles. The molecule has 0 spiro atoms. The molecule has 0 saturated heterocycles. The molecule has 0 bridgehead atoms. The van der Waals surface area contributed by atoms with Gasteiger partial charge in [-0.2, -0.15) is 0 Å². The third kappa shape index (κ3) is 1.36. The van der Waals surface area contributed by atoms with E-state index in [2.05, 4.69) is 0 Å². The smallest absolute Gasteiger partial charge is 0.124 e. The molecule has 1 aliphatic carbocycles. The fourth-order valence-electron chi connectivity index (χ4n) is 0.942. The molecule has 0 radical (unpaired) electrons. The third-order valence-corrected chi connectivity index (χ3v) is 4.28. The maximum absolute atomic E-state index is 12.6. The van der Waals surface area contributed by atoms with Gasteiger partial charge in [0.25, 0.3) is 0 Å². The van der Waals surface area contributed by atoms with Crippen LogP contribution in [0.5, 0.6) is 0 Å². The van der Waals surface area contributed by atoms with Crippen LogP contribution in [0, 0.1) is 5.92 Å². The minimum absolute atomic E-state index is 0.0483. The predicted octanol–water partition coefficient (Wildman–Crippen LogP) is 2.92. The summed E-state index contributed by atoms with van der Waals surface area (Å²) in [6.07, 6.45) is 5.93. The van der Waals surface area contributed by atoms with Crippen molar-refractivity contribution in [2.45, 2.75) is 12.8 Å². The van der Waals surface area contributed by atoms with E-state index in [1.54, 1.807) is 12.2 Å². The highest BCUT2D eigenvalue weighted by atomic mass is 127. The molecule has 2 rings (SSSR count). The van der Waals surface area contributed by atoms with Crippen LogP contribution in [0.2, 0.25) is 0 Å². The summed E-state index contributed by atoms with van der Waals surface area (Å²) in [6, 6.07) is 0. The van der Waals surface area contributed by atoms with Crippen LogP contribution in [0.1, 0.15) is 12.8 Å². The van der Waals surface area contributed by atoms with E-state index < -0.39 is 0 Å². The number of halogens is 2. The first-order chi connectivity index (χ1) is 4.86. The fraction of sp³-hybridized carbons (Fsp3) is 0.375. The lowest BCUT2D eigenvalue weighted by atomic mass is 10.2. The SMILES string of the molecule is FC1=CC(C2CC2)=IC=C1. The summed E-state index contributed by atoms with van der Waals surface area (Å²) in [6.45, 7) is 0. The summed E-state index contributed by atoms with van der Waals surface area (Å²) in [5.41, 5.74) is 0. The lowest BCUT2D eigenvalue weighted by Gasteiger charge is -1.99. The fourth-order valence-corrected chi connectivity index (χ4v) is 3.49. The van der Waals surface area contributed by atoms with Crippen LogP contribution in [0.3, 0.4) is 0 Å². The van der Waals surface area contributed by atoms with Crippen LogP contribution in [0.4, 0.5) is 4.39 Å². The number of rotatable bonds is 1. The molecule has 1 fully saturated rings. The van der Waals surface area contributed by atoms with Gasteiger partial charge in [0.15, 0.2) is 0 Å². The molecule has 0 aromatic heterocycles. The Balaban J connectivity index is 2.22. The number of allylic oxidation sites excluding steroid dienone is 3. The zero-order valence-electron chi connectivity index (χ0n) is 5.48. The zero-order valence-corrected chi connectivity index (χ0v) is 7.64. The van der Waals surface area contributed by atoms with Crippen molar-refractivity contribution in [1.29, 1.82) is 0 Å². The van der Waals surface area contributed by atoms with E-state index in [1.165, 1.54) is 16.4 Å². The second kappa shape index (κ2) is 2.57. The van der Waals surface area contributed by atoms with Gasteiger partial charge < -0.3 is 0 Å².